The maximum absolute atomic E-state index is 12.6. The van der Waals surface area contributed by atoms with Gasteiger partial charge in [0, 0.05) is 0 Å². The van der Waals surface area contributed by atoms with Crippen LogP contribution in [0.15, 0.2) is 0 Å². The summed E-state index contributed by atoms with van der Waals surface area (Å²) in [6.07, 6.45) is -0.0139. The topological polar surface area (TPSA) is 78.9 Å². The molecule has 0 heterocycles. The maximum Gasteiger partial charge on any atom is 0.313 e. The lowest BCUT2D eigenvalue weighted by molar-refractivity contribution is -0.213. The Morgan fingerprint density at radius 3 is 1.76 bits per heavy atom. The lowest BCUT2D eigenvalue weighted by atomic mass is 9.96. The highest BCUT2D eigenvalue weighted by Gasteiger charge is 2.38. The molecule has 3 atom stereocenters. The number of ether oxygens (including phenoxy) is 3. The first-order chi connectivity index (χ1) is 11.2. The molecule has 0 aromatic carbocycles. The van der Waals surface area contributed by atoms with Crippen LogP contribution in [0.2, 0.25) is 0 Å². The van der Waals surface area contributed by atoms with E-state index >= 15 is 0 Å². The Hall–Kier alpha value is -1.27. The summed E-state index contributed by atoms with van der Waals surface area (Å²) in [7, 11) is 0. The molecule has 0 aliphatic carbocycles. The van der Waals surface area contributed by atoms with Gasteiger partial charge < -0.3 is 14.2 Å². The molecule has 0 spiro atoms. The third kappa shape index (κ3) is 6.86. The molecule has 0 saturated carbocycles. The molecule has 0 aromatic heterocycles. The van der Waals surface area contributed by atoms with Gasteiger partial charge in [0.25, 0.3) is 0 Å². The van der Waals surface area contributed by atoms with Gasteiger partial charge in [-0.2, -0.15) is 0 Å². The van der Waals surface area contributed by atoms with Crippen molar-refractivity contribution in [1.29, 1.82) is 0 Å². The van der Waals surface area contributed by atoms with E-state index in [2.05, 4.69) is 0 Å². The Labute approximate surface area is 151 Å². The molecule has 6 nitrogen and oxygen atoms in total. The van der Waals surface area contributed by atoms with Crippen LogP contribution in [0.3, 0.4) is 0 Å². The zero-order valence-electron chi connectivity index (χ0n) is 17.1. The monoisotopic (exact) mass is 358 g/mol. The van der Waals surface area contributed by atoms with Crippen LogP contribution in [0.4, 0.5) is 0 Å². The first kappa shape index (κ1) is 23.7. The second kappa shape index (κ2) is 8.90. The molecule has 0 aliphatic rings. The van der Waals surface area contributed by atoms with E-state index < -0.39 is 28.9 Å². The molecule has 6 heteroatoms. The van der Waals surface area contributed by atoms with Gasteiger partial charge in [-0.05, 0) is 61.3 Å². The number of carbonyl (C=O) groups is 3. The minimum Gasteiger partial charge on any atom is -0.436 e. The van der Waals surface area contributed by atoms with E-state index in [-0.39, 0.29) is 18.2 Å². The molecule has 0 rings (SSSR count). The Morgan fingerprint density at radius 2 is 1.40 bits per heavy atom. The summed E-state index contributed by atoms with van der Waals surface area (Å²) in [5, 5.41) is 0. The predicted octanol–water partition coefficient (Wildman–Crippen LogP) is 3.45. The Balaban J connectivity index is 4.94. The molecule has 0 bridgehead atoms. The van der Waals surface area contributed by atoms with Crippen LogP contribution in [-0.2, 0) is 28.6 Å². The molecule has 0 N–H and O–H groups in total. The molecule has 0 saturated heterocycles. The fourth-order valence-corrected chi connectivity index (χ4v) is 1.89. The molecule has 25 heavy (non-hydrogen) atoms. The van der Waals surface area contributed by atoms with Crippen LogP contribution < -0.4 is 0 Å². The number of Topliss-reactive ketones (excluding diaryl/α,β-unsaturated/α-hetero) is 2. The molecular weight excluding hydrogens is 324 g/mol. The van der Waals surface area contributed by atoms with Gasteiger partial charge in [-0.25, -0.2) is 0 Å². The van der Waals surface area contributed by atoms with Gasteiger partial charge >= 0.3 is 5.97 Å². The largest absolute Gasteiger partial charge is 0.436 e. The van der Waals surface area contributed by atoms with Crippen molar-refractivity contribution in [3.63, 3.8) is 0 Å². The number of hydrogen-bond donors (Lipinski definition) is 0. The fraction of sp³-hybridized carbons (Fsp3) is 0.842. The summed E-state index contributed by atoms with van der Waals surface area (Å²) in [5.41, 5.74) is -2.81. The molecule has 0 fully saturated rings. The van der Waals surface area contributed by atoms with Gasteiger partial charge in [-0.15, -0.1) is 0 Å². The van der Waals surface area contributed by atoms with Crippen molar-refractivity contribution in [2.75, 3.05) is 6.61 Å². The van der Waals surface area contributed by atoms with Crippen molar-refractivity contribution in [1.82, 2.24) is 0 Å². The lowest BCUT2D eigenvalue weighted by Crippen LogP contribution is -2.46. The lowest BCUT2D eigenvalue weighted by Gasteiger charge is -2.33. The molecule has 146 valence electrons. The number of hydrogen-bond acceptors (Lipinski definition) is 6. The molecule has 0 amide bonds. The smallest absolute Gasteiger partial charge is 0.313 e. The van der Waals surface area contributed by atoms with Gasteiger partial charge in [-0.1, -0.05) is 13.8 Å². The third-order valence-electron chi connectivity index (χ3n) is 4.52. The van der Waals surface area contributed by atoms with E-state index in [0.29, 0.717) is 12.8 Å². The Kier molecular flexibility index (Phi) is 8.45. The number of rotatable bonds is 10. The highest BCUT2D eigenvalue weighted by molar-refractivity contribution is 5.89. The predicted molar refractivity (Wildman–Crippen MR) is 95.1 cm³/mol. The fourth-order valence-electron chi connectivity index (χ4n) is 1.89. The molecule has 0 aliphatic heterocycles. The number of esters is 1. The SMILES string of the molecule is CCC(C)(OCC(=O)C(C)(CC)OC(C)OC(=O)C(C)(C)C)C(C)=O. The van der Waals surface area contributed by atoms with Crippen molar-refractivity contribution in [3.8, 4) is 0 Å². The van der Waals surface area contributed by atoms with E-state index in [9.17, 15) is 14.4 Å². The molecule has 0 radical (unpaired) electrons. The van der Waals surface area contributed by atoms with Gasteiger partial charge in [-0.3, -0.25) is 14.4 Å². The van der Waals surface area contributed by atoms with E-state index in [0.717, 1.165) is 0 Å². The minimum absolute atomic E-state index is 0.130. The van der Waals surface area contributed by atoms with Crippen molar-refractivity contribution >= 4 is 17.5 Å². The van der Waals surface area contributed by atoms with Crippen LogP contribution in [-0.4, -0.2) is 41.6 Å². The normalized spacial score (nSPS) is 18.0. The van der Waals surface area contributed by atoms with Gasteiger partial charge in [0.2, 0.25) is 6.29 Å². The highest BCUT2D eigenvalue weighted by Crippen LogP contribution is 2.24. The van der Waals surface area contributed by atoms with Gasteiger partial charge in [0.1, 0.15) is 17.8 Å². The van der Waals surface area contributed by atoms with E-state index in [1.807, 2.05) is 6.92 Å². The second-order valence-electron chi connectivity index (χ2n) is 7.78. The van der Waals surface area contributed by atoms with Crippen LogP contribution in [0, 0.1) is 5.41 Å². The molecular formula is C19H34O6. The van der Waals surface area contributed by atoms with Crippen LogP contribution in [0.25, 0.3) is 0 Å². The highest BCUT2D eigenvalue weighted by atomic mass is 16.7. The zero-order chi connectivity index (χ0) is 20.1. The minimum atomic E-state index is -1.16. The zero-order valence-corrected chi connectivity index (χ0v) is 17.1. The molecule has 3 unspecified atom stereocenters. The third-order valence-corrected chi connectivity index (χ3v) is 4.52. The van der Waals surface area contributed by atoms with Gasteiger partial charge in [0.15, 0.2) is 11.6 Å². The van der Waals surface area contributed by atoms with Crippen LogP contribution >= 0.6 is 0 Å². The average Bonchev–Trinajstić information content (AvgIpc) is 2.50. The summed E-state index contributed by atoms with van der Waals surface area (Å²) in [4.78, 5) is 36.2. The van der Waals surface area contributed by atoms with Crippen molar-refractivity contribution in [2.24, 2.45) is 5.41 Å². The summed E-state index contributed by atoms with van der Waals surface area (Å²) >= 11 is 0. The Bertz CT molecular complexity index is 493. The second-order valence-corrected chi connectivity index (χ2v) is 7.78. The van der Waals surface area contributed by atoms with Crippen LogP contribution in [0.1, 0.15) is 75.2 Å². The summed E-state index contributed by atoms with van der Waals surface area (Å²) in [6.45, 7) is 14.9. The van der Waals surface area contributed by atoms with Crippen molar-refractivity contribution in [2.45, 2.75) is 92.6 Å². The first-order valence-corrected chi connectivity index (χ1v) is 8.79. The quantitative estimate of drug-likeness (QED) is 0.440. The first-order valence-electron chi connectivity index (χ1n) is 8.79. The summed E-state index contributed by atoms with van der Waals surface area (Å²) in [5.74, 6) is -0.832. The number of carbonyl (C=O) groups excluding carboxylic acids is 3. The van der Waals surface area contributed by atoms with Gasteiger partial charge in [0.05, 0.1) is 5.41 Å². The average molecular weight is 358 g/mol. The van der Waals surface area contributed by atoms with E-state index in [1.165, 1.54) is 6.92 Å². The van der Waals surface area contributed by atoms with Crippen LogP contribution in [0.5, 0.6) is 0 Å². The van der Waals surface area contributed by atoms with Crippen molar-refractivity contribution < 1.29 is 28.6 Å². The standard InChI is InChI=1S/C19H34O6/c1-10-18(8,13(3)20)23-12-15(21)19(9,11-2)25-14(4)24-16(22)17(5,6)7/h14H,10-12H2,1-9H3. The molecule has 0 aromatic rings. The summed E-state index contributed by atoms with van der Waals surface area (Å²) < 4.78 is 16.6. The Morgan fingerprint density at radius 1 is 0.920 bits per heavy atom. The maximum atomic E-state index is 12.6. The summed E-state index contributed by atoms with van der Waals surface area (Å²) in [6, 6.07) is 0. The van der Waals surface area contributed by atoms with Crippen molar-refractivity contribution in [3.05, 3.63) is 0 Å². The number of ketones is 2. The van der Waals surface area contributed by atoms with E-state index in [4.69, 9.17) is 14.2 Å². The van der Waals surface area contributed by atoms with E-state index in [1.54, 1.807) is 48.5 Å².